The third-order valence-corrected chi connectivity index (χ3v) is 4.96. The summed E-state index contributed by atoms with van der Waals surface area (Å²) in [4.78, 5) is 18.7. The molecule has 0 aliphatic carbocycles. The number of amides is 1. The van der Waals surface area contributed by atoms with Crippen molar-refractivity contribution in [2.24, 2.45) is 0 Å². The first-order valence-electron chi connectivity index (χ1n) is 6.21. The summed E-state index contributed by atoms with van der Waals surface area (Å²) in [6, 6.07) is 7.39. The standard InChI is InChI=1S/C14H13N3O2S2/c1-17-11(14(18)16-10-5-3-4-7-15-10)12(19-2)13-9(21-17)6-8-20-13/h3-8H,1-2H3,(H,15,16,18). The lowest BCUT2D eigenvalue weighted by atomic mass is 10.2. The van der Waals surface area contributed by atoms with Crippen molar-refractivity contribution in [3.8, 4) is 0 Å². The number of nitrogens with one attached hydrogen (secondary N) is 1. The number of ether oxygens (including phenoxy) is 1. The first kappa shape index (κ1) is 14.0. The van der Waals surface area contributed by atoms with E-state index in [0.29, 0.717) is 17.3 Å². The Labute approximate surface area is 130 Å². The Morgan fingerprint density at radius 3 is 2.95 bits per heavy atom. The molecule has 0 saturated heterocycles. The third kappa shape index (κ3) is 2.62. The average Bonchev–Trinajstić information content (AvgIpc) is 2.94. The fourth-order valence-electron chi connectivity index (χ4n) is 2.03. The maximum Gasteiger partial charge on any atom is 0.277 e. The monoisotopic (exact) mass is 319 g/mol. The molecule has 2 aromatic heterocycles. The summed E-state index contributed by atoms with van der Waals surface area (Å²) in [7, 11) is 3.42. The van der Waals surface area contributed by atoms with Gasteiger partial charge in [-0.2, -0.15) is 0 Å². The van der Waals surface area contributed by atoms with Crippen molar-refractivity contribution in [1.82, 2.24) is 9.29 Å². The molecule has 1 aliphatic heterocycles. The van der Waals surface area contributed by atoms with E-state index < -0.39 is 0 Å². The molecule has 2 aromatic rings. The van der Waals surface area contributed by atoms with Crippen LogP contribution >= 0.6 is 23.3 Å². The number of carbonyl (C=O) groups is 1. The van der Waals surface area contributed by atoms with Gasteiger partial charge in [0, 0.05) is 13.2 Å². The second-order valence-electron chi connectivity index (χ2n) is 4.25. The Bertz CT molecular complexity index is 697. The highest BCUT2D eigenvalue weighted by molar-refractivity contribution is 7.97. The van der Waals surface area contributed by atoms with E-state index in [2.05, 4.69) is 10.3 Å². The van der Waals surface area contributed by atoms with Gasteiger partial charge < -0.3 is 14.4 Å². The number of anilines is 1. The number of fused-ring (bicyclic) bond motifs is 1. The number of carbonyl (C=O) groups excluding carboxylic acids is 1. The molecule has 0 bridgehead atoms. The highest BCUT2D eigenvalue weighted by Gasteiger charge is 2.30. The van der Waals surface area contributed by atoms with Crippen LogP contribution in [0.3, 0.4) is 0 Å². The zero-order chi connectivity index (χ0) is 14.8. The smallest absolute Gasteiger partial charge is 0.277 e. The number of pyridine rings is 1. The minimum Gasteiger partial charge on any atom is -0.493 e. The van der Waals surface area contributed by atoms with Crippen molar-refractivity contribution in [2.75, 3.05) is 19.5 Å². The van der Waals surface area contributed by atoms with E-state index in [4.69, 9.17) is 4.74 Å². The van der Waals surface area contributed by atoms with Gasteiger partial charge in [0.15, 0.2) is 11.5 Å². The van der Waals surface area contributed by atoms with E-state index in [1.807, 2.05) is 28.9 Å². The molecule has 0 aromatic carbocycles. The van der Waals surface area contributed by atoms with Crippen LogP contribution in [0.2, 0.25) is 0 Å². The summed E-state index contributed by atoms with van der Waals surface area (Å²) < 4.78 is 7.28. The Morgan fingerprint density at radius 2 is 2.24 bits per heavy atom. The van der Waals surface area contributed by atoms with Gasteiger partial charge in [0.25, 0.3) is 5.91 Å². The maximum atomic E-state index is 12.5. The van der Waals surface area contributed by atoms with Gasteiger partial charge in [-0.05, 0) is 35.5 Å². The summed E-state index contributed by atoms with van der Waals surface area (Å²) in [5.41, 5.74) is 0.489. The van der Waals surface area contributed by atoms with E-state index in [1.54, 1.807) is 36.8 Å². The van der Waals surface area contributed by atoms with Gasteiger partial charge in [-0.3, -0.25) is 4.79 Å². The second kappa shape index (κ2) is 5.79. The predicted octanol–water partition coefficient (Wildman–Crippen LogP) is 3.05. The van der Waals surface area contributed by atoms with Crippen LogP contribution in [-0.4, -0.2) is 29.4 Å². The average molecular weight is 319 g/mol. The Morgan fingerprint density at radius 1 is 1.38 bits per heavy atom. The summed E-state index contributed by atoms with van der Waals surface area (Å²) in [5, 5.41) is 4.78. The zero-order valence-electron chi connectivity index (χ0n) is 11.5. The molecule has 7 heteroatoms. The fourth-order valence-corrected chi connectivity index (χ4v) is 4.04. The van der Waals surface area contributed by atoms with Crippen LogP contribution in [0.4, 0.5) is 5.82 Å². The Hall–Kier alpha value is -1.99. The lowest BCUT2D eigenvalue weighted by Gasteiger charge is -2.27. The molecule has 21 heavy (non-hydrogen) atoms. The molecule has 0 unspecified atom stereocenters. The molecule has 0 radical (unpaired) electrons. The molecule has 108 valence electrons. The van der Waals surface area contributed by atoms with Crippen LogP contribution in [0.1, 0.15) is 4.88 Å². The molecule has 0 saturated carbocycles. The van der Waals surface area contributed by atoms with E-state index in [-0.39, 0.29) is 5.91 Å². The van der Waals surface area contributed by atoms with Crippen molar-refractivity contribution in [2.45, 2.75) is 4.90 Å². The van der Waals surface area contributed by atoms with Gasteiger partial charge in [-0.25, -0.2) is 4.98 Å². The van der Waals surface area contributed by atoms with Crippen LogP contribution in [0.15, 0.2) is 46.4 Å². The van der Waals surface area contributed by atoms with Crippen molar-refractivity contribution < 1.29 is 9.53 Å². The topological polar surface area (TPSA) is 54.5 Å². The van der Waals surface area contributed by atoms with Crippen molar-refractivity contribution in [1.29, 1.82) is 0 Å². The quantitative estimate of drug-likeness (QED) is 0.881. The van der Waals surface area contributed by atoms with E-state index in [1.165, 1.54) is 11.9 Å². The normalized spacial score (nSPS) is 13.9. The molecule has 3 rings (SSSR count). The number of thiophene rings is 1. The SMILES string of the molecule is COC1=C(C(=O)Nc2ccccn2)N(C)Sc2ccsc21. The molecule has 1 N–H and O–H groups in total. The van der Waals surface area contributed by atoms with Crippen molar-refractivity contribution in [3.05, 3.63) is 46.4 Å². The van der Waals surface area contributed by atoms with Crippen LogP contribution in [0.5, 0.6) is 0 Å². The predicted molar refractivity (Wildman–Crippen MR) is 84.7 cm³/mol. The molecule has 5 nitrogen and oxygen atoms in total. The van der Waals surface area contributed by atoms with Gasteiger partial charge in [-0.1, -0.05) is 6.07 Å². The van der Waals surface area contributed by atoms with Gasteiger partial charge >= 0.3 is 0 Å². The third-order valence-electron chi connectivity index (χ3n) is 2.93. The summed E-state index contributed by atoms with van der Waals surface area (Å²) in [5.74, 6) is 0.870. The second-order valence-corrected chi connectivity index (χ2v) is 6.34. The molecule has 0 fully saturated rings. The number of methoxy groups -OCH3 is 1. The summed E-state index contributed by atoms with van der Waals surface area (Å²) in [6.07, 6.45) is 1.64. The van der Waals surface area contributed by atoms with Gasteiger partial charge in [0.05, 0.1) is 16.9 Å². The lowest BCUT2D eigenvalue weighted by molar-refractivity contribution is -0.113. The van der Waals surface area contributed by atoms with Crippen molar-refractivity contribution in [3.63, 3.8) is 0 Å². The summed E-state index contributed by atoms with van der Waals surface area (Å²) in [6.45, 7) is 0. The van der Waals surface area contributed by atoms with E-state index >= 15 is 0 Å². The lowest BCUT2D eigenvalue weighted by Crippen LogP contribution is -2.27. The minimum atomic E-state index is -0.236. The van der Waals surface area contributed by atoms with Crippen LogP contribution in [0.25, 0.3) is 5.76 Å². The highest BCUT2D eigenvalue weighted by Crippen LogP contribution is 2.43. The fraction of sp³-hybridized carbons (Fsp3) is 0.143. The number of nitrogens with zero attached hydrogens (tertiary/aromatic N) is 2. The number of rotatable bonds is 3. The Balaban J connectivity index is 1.97. The Kier molecular flexibility index (Phi) is 3.85. The molecule has 1 amide bonds. The molecular weight excluding hydrogens is 306 g/mol. The molecule has 0 atom stereocenters. The number of hydrogen-bond acceptors (Lipinski definition) is 6. The van der Waals surface area contributed by atoms with E-state index in [9.17, 15) is 4.79 Å². The van der Waals surface area contributed by atoms with Gasteiger partial charge in [0.2, 0.25) is 0 Å². The number of aromatic nitrogens is 1. The van der Waals surface area contributed by atoms with Crippen molar-refractivity contribution >= 4 is 40.8 Å². The summed E-state index contributed by atoms with van der Waals surface area (Å²) >= 11 is 3.07. The largest absolute Gasteiger partial charge is 0.493 e. The number of likely N-dealkylation sites (N-methyl/N-ethyl adjacent to an activating group) is 1. The van der Waals surface area contributed by atoms with Crippen LogP contribution in [0, 0.1) is 0 Å². The molecule has 0 spiro atoms. The first-order valence-corrected chi connectivity index (χ1v) is 7.86. The highest BCUT2D eigenvalue weighted by atomic mass is 32.2. The molecule has 3 heterocycles. The molecule has 1 aliphatic rings. The van der Waals surface area contributed by atoms with Crippen LogP contribution < -0.4 is 5.32 Å². The van der Waals surface area contributed by atoms with Gasteiger partial charge in [0.1, 0.15) is 5.82 Å². The minimum absolute atomic E-state index is 0.236. The molecular formula is C14H13N3O2S2. The maximum absolute atomic E-state index is 12.5. The zero-order valence-corrected chi connectivity index (χ0v) is 13.1. The number of hydrogen-bond donors (Lipinski definition) is 1. The first-order chi connectivity index (χ1) is 10.2. The van der Waals surface area contributed by atoms with E-state index in [0.717, 1.165) is 9.77 Å². The van der Waals surface area contributed by atoms with Gasteiger partial charge in [-0.15, -0.1) is 11.3 Å². The van der Waals surface area contributed by atoms with Crippen LogP contribution in [-0.2, 0) is 9.53 Å².